The van der Waals surface area contributed by atoms with Crippen LogP contribution in [0, 0.1) is 0 Å². The van der Waals surface area contributed by atoms with Crippen molar-refractivity contribution in [3.05, 3.63) is 53.6 Å². The Morgan fingerprint density at radius 1 is 0.889 bits per heavy atom. The Labute approximate surface area is 158 Å². The van der Waals surface area contributed by atoms with Crippen molar-refractivity contribution in [1.29, 1.82) is 0 Å². The lowest BCUT2D eigenvalue weighted by Crippen LogP contribution is -2.41. The molecule has 0 bridgehead atoms. The van der Waals surface area contributed by atoms with Crippen LogP contribution >= 0.6 is 0 Å². The maximum Gasteiger partial charge on any atom is 0.273 e. The Kier molecular flexibility index (Phi) is 7.49. The fourth-order valence-corrected chi connectivity index (χ4v) is 2.34. The summed E-state index contributed by atoms with van der Waals surface area (Å²) < 4.78 is 16.0. The zero-order valence-corrected chi connectivity index (χ0v) is 15.7. The van der Waals surface area contributed by atoms with Crippen molar-refractivity contribution in [1.82, 2.24) is 10.9 Å². The Hall–Kier alpha value is -3.22. The first kappa shape index (κ1) is 20.1. The van der Waals surface area contributed by atoms with Gasteiger partial charge in [0.1, 0.15) is 5.75 Å². The van der Waals surface area contributed by atoms with E-state index in [2.05, 4.69) is 17.8 Å². The van der Waals surface area contributed by atoms with Crippen LogP contribution in [0.1, 0.15) is 40.5 Å². The summed E-state index contributed by atoms with van der Waals surface area (Å²) in [6.45, 7) is 2.59. The molecule has 2 N–H and O–H groups in total. The third kappa shape index (κ3) is 5.37. The van der Waals surface area contributed by atoms with E-state index in [0.717, 1.165) is 12.8 Å². The quantitative estimate of drug-likeness (QED) is 0.550. The average Bonchev–Trinajstić information content (AvgIpc) is 2.71. The molecule has 144 valence electrons. The van der Waals surface area contributed by atoms with Gasteiger partial charge in [0.2, 0.25) is 0 Å². The van der Waals surface area contributed by atoms with Gasteiger partial charge in [-0.3, -0.25) is 20.4 Å². The molecular weight excluding hydrogens is 348 g/mol. The number of ether oxygens (including phenoxy) is 3. The highest BCUT2D eigenvalue weighted by atomic mass is 16.5. The zero-order chi connectivity index (χ0) is 19.6. The molecule has 2 aromatic carbocycles. The highest BCUT2D eigenvalue weighted by molar-refractivity contribution is 6.00. The molecule has 0 aliphatic carbocycles. The summed E-state index contributed by atoms with van der Waals surface area (Å²) in [4.78, 5) is 24.7. The summed E-state index contributed by atoms with van der Waals surface area (Å²) in [5.74, 6) is 0.468. The normalized spacial score (nSPS) is 10.0. The fraction of sp³-hybridized carbons (Fsp3) is 0.300. The molecule has 0 radical (unpaired) electrons. The van der Waals surface area contributed by atoms with Crippen LogP contribution in [-0.4, -0.2) is 32.6 Å². The van der Waals surface area contributed by atoms with Crippen LogP contribution in [0.3, 0.4) is 0 Å². The van der Waals surface area contributed by atoms with Gasteiger partial charge in [0.05, 0.1) is 26.4 Å². The van der Waals surface area contributed by atoms with Crippen molar-refractivity contribution >= 4 is 11.8 Å². The van der Waals surface area contributed by atoms with Crippen molar-refractivity contribution in [2.24, 2.45) is 0 Å². The number of benzene rings is 2. The summed E-state index contributed by atoms with van der Waals surface area (Å²) in [6, 6.07) is 11.6. The molecule has 0 fully saturated rings. The number of carbonyl (C=O) groups is 2. The molecule has 7 nitrogen and oxygen atoms in total. The molecular formula is C20H24N2O5. The Bertz CT molecular complexity index is 792. The molecule has 0 aliphatic rings. The first-order valence-corrected chi connectivity index (χ1v) is 8.65. The van der Waals surface area contributed by atoms with E-state index in [9.17, 15) is 9.59 Å². The topological polar surface area (TPSA) is 85.9 Å². The van der Waals surface area contributed by atoms with Crippen LogP contribution < -0.4 is 25.1 Å². The Balaban J connectivity index is 2.02. The van der Waals surface area contributed by atoms with E-state index in [-0.39, 0.29) is 0 Å². The molecule has 27 heavy (non-hydrogen) atoms. The minimum Gasteiger partial charge on any atom is -0.493 e. The van der Waals surface area contributed by atoms with Crippen molar-refractivity contribution < 1.29 is 23.8 Å². The lowest BCUT2D eigenvalue weighted by molar-refractivity contribution is 0.0844. The second-order valence-electron chi connectivity index (χ2n) is 5.68. The second-order valence-corrected chi connectivity index (χ2v) is 5.68. The van der Waals surface area contributed by atoms with E-state index in [0.29, 0.717) is 35.0 Å². The van der Waals surface area contributed by atoms with Crippen LogP contribution in [0.15, 0.2) is 42.5 Å². The SMILES string of the molecule is CCCCOc1ccccc1C(=O)NNC(=O)c1ccc(OC)c(OC)c1. The zero-order valence-electron chi connectivity index (χ0n) is 15.7. The largest absolute Gasteiger partial charge is 0.493 e. The maximum atomic E-state index is 12.4. The highest BCUT2D eigenvalue weighted by Crippen LogP contribution is 2.27. The van der Waals surface area contributed by atoms with Crippen molar-refractivity contribution in [3.63, 3.8) is 0 Å². The molecule has 2 aromatic rings. The minimum absolute atomic E-state index is 0.320. The molecule has 0 aliphatic heterocycles. The van der Waals surface area contributed by atoms with E-state index in [1.165, 1.54) is 20.3 Å². The van der Waals surface area contributed by atoms with E-state index >= 15 is 0 Å². The Morgan fingerprint density at radius 2 is 1.59 bits per heavy atom. The predicted octanol–water partition coefficient (Wildman–Crippen LogP) is 2.96. The number of hydrogen-bond donors (Lipinski definition) is 2. The molecule has 2 rings (SSSR count). The van der Waals surface area contributed by atoms with Gasteiger partial charge in [-0.05, 0) is 36.8 Å². The van der Waals surface area contributed by atoms with Crippen LogP contribution in [0.25, 0.3) is 0 Å². The summed E-state index contributed by atoms with van der Waals surface area (Å²) in [5, 5.41) is 0. The van der Waals surface area contributed by atoms with Gasteiger partial charge >= 0.3 is 0 Å². The van der Waals surface area contributed by atoms with Gasteiger partial charge in [0.15, 0.2) is 11.5 Å². The van der Waals surface area contributed by atoms with Gasteiger partial charge < -0.3 is 14.2 Å². The lowest BCUT2D eigenvalue weighted by atomic mass is 10.2. The van der Waals surface area contributed by atoms with Crippen LogP contribution in [-0.2, 0) is 0 Å². The number of amides is 2. The fourth-order valence-electron chi connectivity index (χ4n) is 2.34. The van der Waals surface area contributed by atoms with Crippen molar-refractivity contribution in [2.75, 3.05) is 20.8 Å². The van der Waals surface area contributed by atoms with E-state index in [4.69, 9.17) is 14.2 Å². The minimum atomic E-state index is -0.478. The number of carbonyl (C=O) groups excluding carboxylic acids is 2. The summed E-state index contributed by atoms with van der Waals surface area (Å²) in [7, 11) is 2.99. The highest BCUT2D eigenvalue weighted by Gasteiger charge is 2.15. The van der Waals surface area contributed by atoms with Crippen LogP contribution in [0.2, 0.25) is 0 Å². The molecule has 2 amide bonds. The van der Waals surface area contributed by atoms with E-state index in [1.807, 2.05) is 0 Å². The molecule has 0 saturated carbocycles. The summed E-state index contributed by atoms with van der Waals surface area (Å²) in [6.07, 6.45) is 1.89. The first-order valence-electron chi connectivity index (χ1n) is 8.65. The number of methoxy groups -OCH3 is 2. The van der Waals surface area contributed by atoms with E-state index < -0.39 is 11.8 Å². The predicted molar refractivity (Wildman–Crippen MR) is 101 cm³/mol. The van der Waals surface area contributed by atoms with Gasteiger partial charge in [-0.2, -0.15) is 0 Å². The van der Waals surface area contributed by atoms with Gasteiger partial charge in [-0.1, -0.05) is 25.5 Å². The van der Waals surface area contributed by atoms with Crippen LogP contribution in [0.5, 0.6) is 17.2 Å². The molecule has 0 unspecified atom stereocenters. The molecule has 7 heteroatoms. The standard InChI is InChI=1S/C20H24N2O5/c1-4-5-12-27-16-9-7-6-8-15(16)20(24)22-21-19(23)14-10-11-17(25-2)18(13-14)26-3/h6-11,13H,4-5,12H2,1-3H3,(H,21,23)(H,22,24). The van der Waals surface area contributed by atoms with Crippen molar-refractivity contribution in [3.8, 4) is 17.2 Å². The molecule has 0 spiro atoms. The van der Waals surface area contributed by atoms with Crippen LogP contribution in [0.4, 0.5) is 0 Å². The summed E-state index contributed by atoms with van der Waals surface area (Å²) in [5.41, 5.74) is 5.46. The average molecular weight is 372 g/mol. The number of unbranched alkanes of at least 4 members (excludes halogenated alkanes) is 1. The molecule has 0 atom stereocenters. The Morgan fingerprint density at radius 3 is 2.30 bits per heavy atom. The molecule has 0 heterocycles. The number of nitrogens with one attached hydrogen (secondary N) is 2. The monoisotopic (exact) mass is 372 g/mol. The number of rotatable bonds is 8. The molecule has 0 saturated heterocycles. The van der Waals surface area contributed by atoms with Gasteiger partial charge in [-0.15, -0.1) is 0 Å². The van der Waals surface area contributed by atoms with Gasteiger partial charge in [0.25, 0.3) is 11.8 Å². The van der Waals surface area contributed by atoms with Crippen molar-refractivity contribution in [2.45, 2.75) is 19.8 Å². The number of para-hydroxylation sites is 1. The maximum absolute atomic E-state index is 12.4. The third-order valence-electron chi connectivity index (χ3n) is 3.82. The molecule has 0 aromatic heterocycles. The van der Waals surface area contributed by atoms with Gasteiger partial charge in [-0.25, -0.2) is 0 Å². The first-order chi connectivity index (χ1) is 13.1. The van der Waals surface area contributed by atoms with Gasteiger partial charge in [0, 0.05) is 5.56 Å². The smallest absolute Gasteiger partial charge is 0.273 e. The number of hydrazine groups is 1. The summed E-state index contributed by atoms with van der Waals surface area (Å²) >= 11 is 0. The third-order valence-corrected chi connectivity index (χ3v) is 3.82. The lowest BCUT2D eigenvalue weighted by Gasteiger charge is -2.13. The van der Waals surface area contributed by atoms with E-state index in [1.54, 1.807) is 36.4 Å². The second kappa shape index (κ2) is 10.1. The number of hydrogen-bond acceptors (Lipinski definition) is 5.